The van der Waals surface area contributed by atoms with E-state index in [1.165, 1.54) is 6.20 Å². The molecule has 0 aliphatic rings. The highest BCUT2D eigenvalue weighted by atomic mass is 16.1. The Balaban J connectivity index is 3.33. The Bertz CT molecular complexity index is 381. The molecule has 1 heterocycles. The average molecular weight is 208 g/mol. The van der Waals surface area contributed by atoms with Crippen LogP contribution in [0.1, 0.15) is 36.8 Å². The zero-order valence-corrected chi connectivity index (χ0v) is 9.46. The van der Waals surface area contributed by atoms with Gasteiger partial charge in [-0.05, 0) is 0 Å². The number of nitrogens with one attached hydrogen (secondary N) is 1. The van der Waals surface area contributed by atoms with Crippen LogP contribution in [-0.4, -0.2) is 22.9 Å². The van der Waals surface area contributed by atoms with Crippen molar-refractivity contribution in [1.29, 1.82) is 0 Å². The van der Waals surface area contributed by atoms with Crippen molar-refractivity contribution in [3.63, 3.8) is 0 Å². The molecule has 1 rings (SSSR count). The Morgan fingerprint density at radius 1 is 1.47 bits per heavy atom. The monoisotopic (exact) mass is 208 g/mol. The van der Waals surface area contributed by atoms with Crippen LogP contribution in [0.2, 0.25) is 0 Å². The second-order valence-corrected chi connectivity index (χ2v) is 4.32. The number of carbonyl (C=O) groups is 1. The Hall–Kier alpha value is -1.65. The molecule has 0 saturated carbocycles. The van der Waals surface area contributed by atoms with Gasteiger partial charge in [-0.3, -0.25) is 4.79 Å². The highest BCUT2D eigenvalue weighted by molar-refractivity contribution is 5.95. The van der Waals surface area contributed by atoms with Gasteiger partial charge >= 0.3 is 0 Å². The van der Waals surface area contributed by atoms with Gasteiger partial charge in [-0.25, -0.2) is 9.97 Å². The Kier molecular flexibility index (Phi) is 2.93. The van der Waals surface area contributed by atoms with Crippen LogP contribution in [0.25, 0.3) is 0 Å². The van der Waals surface area contributed by atoms with E-state index in [2.05, 4.69) is 15.3 Å². The Labute approximate surface area is 89.1 Å². The highest BCUT2D eigenvalue weighted by Gasteiger charge is 2.23. The van der Waals surface area contributed by atoms with Crippen LogP contribution in [0.15, 0.2) is 6.20 Å². The number of aromatic nitrogens is 2. The number of carbonyl (C=O) groups excluding carboxylic acids is 1. The van der Waals surface area contributed by atoms with E-state index >= 15 is 0 Å². The van der Waals surface area contributed by atoms with Gasteiger partial charge in [0.05, 0.1) is 11.3 Å². The van der Waals surface area contributed by atoms with E-state index in [-0.39, 0.29) is 17.3 Å². The van der Waals surface area contributed by atoms with Crippen molar-refractivity contribution in [2.45, 2.75) is 26.2 Å². The fraction of sp³-hybridized carbons (Fsp3) is 0.500. The molecule has 0 aliphatic carbocycles. The van der Waals surface area contributed by atoms with Gasteiger partial charge in [0, 0.05) is 18.7 Å². The van der Waals surface area contributed by atoms with Crippen molar-refractivity contribution in [2.75, 3.05) is 12.8 Å². The van der Waals surface area contributed by atoms with Crippen molar-refractivity contribution in [3.8, 4) is 0 Å². The molecule has 1 aromatic heterocycles. The van der Waals surface area contributed by atoms with Gasteiger partial charge in [0.15, 0.2) is 0 Å². The standard InChI is InChI=1S/C10H16N4O/c1-10(2,3)7-6(8(15)12-4)5-13-9(11)14-7/h5H,1-4H3,(H,12,15)(H2,11,13,14). The van der Waals surface area contributed by atoms with Crippen LogP contribution < -0.4 is 11.1 Å². The van der Waals surface area contributed by atoms with Gasteiger partial charge < -0.3 is 11.1 Å². The summed E-state index contributed by atoms with van der Waals surface area (Å²) in [6.45, 7) is 5.92. The summed E-state index contributed by atoms with van der Waals surface area (Å²) in [4.78, 5) is 19.5. The minimum atomic E-state index is -0.237. The second kappa shape index (κ2) is 3.84. The zero-order valence-electron chi connectivity index (χ0n) is 9.46. The molecule has 0 spiro atoms. The van der Waals surface area contributed by atoms with E-state index in [0.717, 1.165) is 0 Å². The van der Waals surface area contributed by atoms with E-state index in [4.69, 9.17) is 5.73 Å². The molecule has 1 amide bonds. The molecule has 0 radical (unpaired) electrons. The van der Waals surface area contributed by atoms with E-state index in [9.17, 15) is 4.79 Å². The predicted octanol–water partition coefficient (Wildman–Crippen LogP) is 0.716. The second-order valence-electron chi connectivity index (χ2n) is 4.32. The SMILES string of the molecule is CNC(=O)c1cnc(N)nc1C(C)(C)C. The van der Waals surface area contributed by atoms with Crippen LogP contribution in [0.3, 0.4) is 0 Å². The van der Waals surface area contributed by atoms with Crippen LogP contribution in [0.4, 0.5) is 5.95 Å². The van der Waals surface area contributed by atoms with Crippen LogP contribution >= 0.6 is 0 Å². The molecule has 1 aromatic rings. The van der Waals surface area contributed by atoms with Gasteiger partial charge in [0.1, 0.15) is 0 Å². The van der Waals surface area contributed by atoms with Crippen molar-refractivity contribution >= 4 is 11.9 Å². The number of nitrogens with zero attached hydrogens (tertiary/aromatic N) is 2. The molecule has 0 aliphatic heterocycles. The van der Waals surface area contributed by atoms with Crippen molar-refractivity contribution < 1.29 is 4.79 Å². The Morgan fingerprint density at radius 3 is 2.53 bits per heavy atom. The summed E-state index contributed by atoms with van der Waals surface area (Å²) in [5.41, 5.74) is 6.41. The third kappa shape index (κ3) is 2.43. The van der Waals surface area contributed by atoms with Gasteiger partial charge in [0.2, 0.25) is 5.95 Å². The quantitative estimate of drug-likeness (QED) is 0.712. The van der Waals surface area contributed by atoms with Crippen molar-refractivity contribution in [3.05, 3.63) is 17.5 Å². The molecule has 15 heavy (non-hydrogen) atoms. The first-order valence-corrected chi connectivity index (χ1v) is 4.71. The number of nitrogen functional groups attached to an aromatic ring is 1. The fourth-order valence-corrected chi connectivity index (χ4v) is 1.27. The first-order valence-electron chi connectivity index (χ1n) is 4.71. The topological polar surface area (TPSA) is 80.9 Å². The average Bonchev–Trinajstić information content (AvgIpc) is 2.15. The van der Waals surface area contributed by atoms with E-state index in [0.29, 0.717) is 11.3 Å². The number of anilines is 1. The molecule has 82 valence electrons. The molecule has 0 atom stereocenters. The maximum absolute atomic E-state index is 11.6. The lowest BCUT2D eigenvalue weighted by atomic mass is 9.88. The summed E-state index contributed by atoms with van der Waals surface area (Å²) >= 11 is 0. The third-order valence-corrected chi connectivity index (χ3v) is 1.99. The largest absolute Gasteiger partial charge is 0.368 e. The van der Waals surface area contributed by atoms with E-state index < -0.39 is 0 Å². The molecule has 0 saturated heterocycles. The number of nitrogens with two attached hydrogens (primary N) is 1. The number of hydrogen-bond acceptors (Lipinski definition) is 4. The van der Waals surface area contributed by atoms with Crippen LogP contribution in [0, 0.1) is 0 Å². The van der Waals surface area contributed by atoms with Gasteiger partial charge in [-0.15, -0.1) is 0 Å². The minimum Gasteiger partial charge on any atom is -0.368 e. The van der Waals surface area contributed by atoms with Gasteiger partial charge in [-0.1, -0.05) is 20.8 Å². The summed E-state index contributed by atoms with van der Waals surface area (Å²) in [5.74, 6) is -0.00694. The zero-order chi connectivity index (χ0) is 11.6. The highest BCUT2D eigenvalue weighted by Crippen LogP contribution is 2.23. The fourth-order valence-electron chi connectivity index (χ4n) is 1.27. The third-order valence-electron chi connectivity index (χ3n) is 1.99. The smallest absolute Gasteiger partial charge is 0.254 e. The summed E-state index contributed by atoms with van der Waals surface area (Å²) in [7, 11) is 1.57. The summed E-state index contributed by atoms with van der Waals surface area (Å²) in [6, 6.07) is 0. The molecule has 5 heteroatoms. The maximum Gasteiger partial charge on any atom is 0.254 e. The maximum atomic E-state index is 11.6. The normalized spacial score (nSPS) is 11.2. The Morgan fingerprint density at radius 2 is 2.07 bits per heavy atom. The first kappa shape index (κ1) is 11.4. The van der Waals surface area contributed by atoms with Gasteiger partial charge in [0.25, 0.3) is 5.91 Å². The number of hydrogen-bond donors (Lipinski definition) is 2. The summed E-state index contributed by atoms with van der Waals surface area (Å²) in [6.07, 6.45) is 1.46. The molecule has 0 fully saturated rings. The molecule has 5 nitrogen and oxygen atoms in total. The molecule has 0 unspecified atom stereocenters. The predicted molar refractivity (Wildman–Crippen MR) is 58.5 cm³/mol. The lowest BCUT2D eigenvalue weighted by Crippen LogP contribution is -2.26. The molecule has 0 bridgehead atoms. The van der Waals surface area contributed by atoms with E-state index in [1.54, 1.807) is 7.05 Å². The molecular weight excluding hydrogens is 192 g/mol. The summed E-state index contributed by atoms with van der Waals surface area (Å²) in [5, 5.41) is 2.55. The van der Waals surface area contributed by atoms with Crippen LogP contribution in [0.5, 0.6) is 0 Å². The molecule has 0 aromatic carbocycles. The molecule has 3 N–H and O–H groups in total. The van der Waals surface area contributed by atoms with Crippen LogP contribution in [-0.2, 0) is 5.41 Å². The first-order chi connectivity index (χ1) is 6.86. The van der Waals surface area contributed by atoms with E-state index in [1.807, 2.05) is 20.8 Å². The number of amides is 1. The lowest BCUT2D eigenvalue weighted by molar-refractivity contribution is 0.0960. The van der Waals surface area contributed by atoms with Gasteiger partial charge in [-0.2, -0.15) is 0 Å². The summed E-state index contributed by atoms with van der Waals surface area (Å²) < 4.78 is 0. The minimum absolute atomic E-state index is 0.188. The van der Waals surface area contributed by atoms with Crippen molar-refractivity contribution in [1.82, 2.24) is 15.3 Å². The molecular formula is C10H16N4O. The van der Waals surface area contributed by atoms with Crippen molar-refractivity contribution in [2.24, 2.45) is 0 Å². The lowest BCUT2D eigenvalue weighted by Gasteiger charge is -2.20. The number of rotatable bonds is 1.